The van der Waals surface area contributed by atoms with Gasteiger partial charge >= 0.3 is 6.03 Å². The van der Waals surface area contributed by atoms with Crippen LogP contribution in [0.25, 0.3) is 0 Å². The first-order valence-electron chi connectivity index (χ1n) is 5.49. The predicted octanol–water partition coefficient (Wildman–Crippen LogP) is 0.316. The van der Waals surface area contributed by atoms with E-state index in [-0.39, 0.29) is 18.0 Å². The minimum atomic E-state index is -0.0545. The summed E-state index contributed by atoms with van der Waals surface area (Å²) in [6.07, 6.45) is 1.39. The van der Waals surface area contributed by atoms with E-state index in [1.165, 1.54) is 0 Å². The van der Waals surface area contributed by atoms with E-state index < -0.39 is 0 Å². The SMILES string of the molecule is CCN(CC)C(=O)NCC1CCC(=O)N1. The lowest BCUT2D eigenvalue weighted by molar-refractivity contribution is -0.119. The Balaban J connectivity index is 2.24. The number of nitrogens with zero attached hydrogens (tertiary/aromatic N) is 1. The second-order valence-corrected chi connectivity index (χ2v) is 3.66. The Morgan fingerprint density at radius 2 is 2.20 bits per heavy atom. The van der Waals surface area contributed by atoms with Crippen molar-refractivity contribution in [2.75, 3.05) is 19.6 Å². The molecule has 1 aliphatic heterocycles. The van der Waals surface area contributed by atoms with E-state index in [9.17, 15) is 9.59 Å². The van der Waals surface area contributed by atoms with Crippen LogP contribution in [-0.2, 0) is 4.79 Å². The van der Waals surface area contributed by atoms with Gasteiger partial charge in [-0.2, -0.15) is 0 Å². The minimum absolute atomic E-state index is 0.0545. The van der Waals surface area contributed by atoms with Crippen molar-refractivity contribution in [3.8, 4) is 0 Å². The number of nitrogens with one attached hydrogen (secondary N) is 2. The van der Waals surface area contributed by atoms with Crippen molar-refractivity contribution >= 4 is 11.9 Å². The molecule has 0 aromatic carbocycles. The summed E-state index contributed by atoms with van der Waals surface area (Å²) in [7, 11) is 0. The first-order chi connectivity index (χ1) is 7.17. The molecule has 0 radical (unpaired) electrons. The average molecular weight is 213 g/mol. The predicted molar refractivity (Wildman–Crippen MR) is 57.5 cm³/mol. The molecular weight excluding hydrogens is 194 g/mol. The molecule has 0 aromatic heterocycles. The molecule has 86 valence electrons. The van der Waals surface area contributed by atoms with Crippen LogP contribution in [0.5, 0.6) is 0 Å². The number of rotatable bonds is 4. The fraction of sp³-hybridized carbons (Fsp3) is 0.800. The van der Waals surface area contributed by atoms with Crippen molar-refractivity contribution in [3.63, 3.8) is 0 Å². The highest BCUT2D eigenvalue weighted by molar-refractivity contribution is 5.79. The van der Waals surface area contributed by atoms with Crippen LogP contribution in [0.3, 0.4) is 0 Å². The van der Waals surface area contributed by atoms with Gasteiger partial charge in [0.25, 0.3) is 0 Å². The van der Waals surface area contributed by atoms with Crippen LogP contribution < -0.4 is 10.6 Å². The van der Waals surface area contributed by atoms with Gasteiger partial charge in [-0.15, -0.1) is 0 Å². The van der Waals surface area contributed by atoms with E-state index in [2.05, 4.69) is 10.6 Å². The highest BCUT2D eigenvalue weighted by Crippen LogP contribution is 2.05. The summed E-state index contributed by atoms with van der Waals surface area (Å²) < 4.78 is 0. The fourth-order valence-corrected chi connectivity index (χ4v) is 1.66. The number of hydrogen-bond donors (Lipinski definition) is 2. The maximum absolute atomic E-state index is 11.5. The molecule has 15 heavy (non-hydrogen) atoms. The Morgan fingerprint density at radius 1 is 1.53 bits per heavy atom. The summed E-state index contributed by atoms with van der Waals surface area (Å²) in [5, 5.41) is 5.63. The van der Waals surface area contributed by atoms with Crippen molar-refractivity contribution in [2.24, 2.45) is 0 Å². The summed E-state index contributed by atoms with van der Waals surface area (Å²) in [6, 6.07) is 0.0539. The van der Waals surface area contributed by atoms with E-state index in [0.29, 0.717) is 26.1 Å². The lowest BCUT2D eigenvalue weighted by Crippen LogP contribution is -2.45. The molecule has 0 spiro atoms. The third-order valence-corrected chi connectivity index (χ3v) is 2.64. The lowest BCUT2D eigenvalue weighted by Gasteiger charge is -2.20. The second kappa shape index (κ2) is 5.58. The molecule has 1 fully saturated rings. The zero-order valence-corrected chi connectivity index (χ0v) is 9.38. The zero-order chi connectivity index (χ0) is 11.3. The van der Waals surface area contributed by atoms with Crippen LogP contribution in [0.1, 0.15) is 26.7 Å². The van der Waals surface area contributed by atoms with Gasteiger partial charge in [-0.1, -0.05) is 0 Å². The Labute approximate surface area is 90.2 Å². The summed E-state index contributed by atoms with van der Waals surface area (Å²) in [5.74, 6) is 0.0806. The van der Waals surface area contributed by atoms with Crippen molar-refractivity contribution < 1.29 is 9.59 Å². The van der Waals surface area contributed by atoms with Gasteiger partial charge in [0.15, 0.2) is 0 Å². The quantitative estimate of drug-likeness (QED) is 0.706. The zero-order valence-electron chi connectivity index (χ0n) is 9.38. The molecule has 1 atom stereocenters. The molecule has 5 nitrogen and oxygen atoms in total. The molecule has 3 amide bonds. The van der Waals surface area contributed by atoms with Gasteiger partial charge in [0, 0.05) is 32.1 Å². The molecule has 1 heterocycles. The number of hydrogen-bond acceptors (Lipinski definition) is 2. The van der Waals surface area contributed by atoms with E-state index >= 15 is 0 Å². The first kappa shape index (κ1) is 11.8. The first-order valence-corrected chi connectivity index (χ1v) is 5.49. The summed E-state index contributed by atoms with van der Waals surface area (Å²) in [4.78, 5) is 24.2. The average Bonchev–Trinajstić information content (AvgIpc) is 2.63. The molecule has 1 saturated heterocycles. The maximum Gasteiger partial charge on any atom is 0.317 e. The smallest absolute Gasteiger partial charge is 0.317 e. The van der Waals surface area contributed by atoms with Gasteiger partial charge in [0.1, 0.15) is 0 Å². The Hall–Kier alpha value is -1.26. The van der Waals surface area contributed by atoms with Gasteiger partial charge in [-0.3, -0.25) is 4.79 Å². The highest BCUT2D eigenvalue weighted by atomic mass is 16.2. The van der Waals surface area contributed by atoms with Gasteiger partial charge in [-0.05, 0) is 20.3 Å². The molecule has 0 saturated carbocycles. The largest absolute Gasteiger partial charge is 0.352 e. The Bertz CT molecular complexity index is 239. The number of urea groups is 1. The molecule has 5 heteroatoms. The van der Waals surface area contributed by atoms with Crippen LogP contribution >= 0.6 is 0 Å². The molecule has 1 rings (SSSR count). The molecule has 1 unspecified atom stereocenters. The van der Waals surface area contributed by atoms with Crippen molar-refractivity contribution in [1.82, 2.24) is 15.5 Å². The third kappa shape index (κ3) is 3.42. The van der Waals surface area contributed by atoms with E-state index in [4.69, 9.17) is 0 Å². The van der Waals surface area contributed by atoms with Crippen molar-refractivity contribution in [2.45, 2.75) is 32.7 Å². The fourth-order valence-electron chi connectivity index (χ4n) is 1.66. The summed E-state index contributed by atoms with van der Waals surface area (Å²) in [5.41, 5.74) is 0. The monoisotopic (exact) mass is 213 g/mol. The normalized spacial score (nSPS) is 19.9. The standard InChI is InChI=1S/C10H19N3O2/c1-3-13(4-2)10(15)11-7-8-5-6-9(14)12-8/h8H,3-7H2,1-2H3,(H,11,15)(H,12,14). The van der Waals surface area contributed by atoms with Crippen LogP contribution in [-0.4, -0.2) is 42.5 Å². The van der Waals surface area contributed by atoms with Crippen LogP contribution in [0, 0.1) is 0 Å². The second-order valence-electron chi connectivity index (χ2n) is 3.66. The van der Waals surface area contributed by atoms with Gasteiger partial charge in [-0.25, -0.2) is 4.79 Å². The van der Waals surface area contributed by atoms with Gasteiger partial charge < -0.3 is 15.5 Å². The van der Waals surface area contributed by atoms with Crippen molar-refractivity contribution in [1.29, 1.82) is 0 Å². The van der Waals surface area contributed by atoms with E-state index in [1.807, 2.05) is 13.8 Å². The summed E-state index contributed by atoms with van der Waals surface area (Å²) >= 11 is 0. The number of amides is 3. The van der Waals surface area contributed by atoms with Gasteiger partial charge in [0.05, 0.1) is 0 Å². The molecule has 1 aliphatic rings. The van der Waals surface area contributed by atoms with Crippen LogP contribution in [0.4, 0.5) is 4.79 Å². The number of carbonyl (C=O) groups excluding carboxylic acids is 2. The van der Waals surface area contributed by atoms with Crippen molar-refractivity contribution in [3.05, 3.63) is 0 Å². The van der Waals surface area contributed by atoms with E-state index in [0.717, 1.165) is 6.42 Å². The van der Waals surface area contributed by atoms with Gasteiger partial charge in [0.2, 0.25) is 5.91 Å². The molecular formula is C10H19N3O2. The molecule has 0 aromatic rings. The highest BCUT2D eigenvalue weighted by Gasteiger charge is 2.21. The molecule has 0 aliphatic carbocycles. The minimum Gasteiger partial charge on any atom is -0.352 e. The maximum atomic E-state index is 11.5. The lowest BCUT2D eigenvalue weighted by atomic mass is 10.2. The molecule has 2 N–H and O–H groups in total. The van der Waals surface area contributed by atoms with E-state index in [1.54, 1.807) is 4.90 Å². The Kier molecular flexibility index (Phi) is 4.39. The van der Waals surface area contributed by atoms with Crippen LogP contribution in [0.15, 0.2) is 0 Å². The summed E-state index contributed by atoms with van der Waals surface area (Å²) in [6.45, 7) is 5.83. The number of carbonyl (C=O) groups is 2. The molecule has 0 bridgehead atoms. The Morgan fingerprint density at radius 3 is 2.67 bits per heavy atom. The third-order valence-electron chi connectivity index (χ3n) is 2.64. The topological polar surface area (TPSA) is 61.4 Å². The van der Waals surface area contributed by atoms with Crippen LogP contribution in [0.2, 0.25) is 0 Å².